The largest absolute Gasteiger partial charge is 0.497 e. The molecule has 0 spiro atoms. The minimum absolute atomic E-state index is 0.0696. The van der Waals surface area contributed by atoms with E-state index in [1.54, 1.807) is 14.2 Å². The van der Waals surface area contributed by atoms with Gasteiger partial charge < -0.3 is 25.6 Å². The summed E-state index contributed by atoms with van der Waals surface area (Å²) in [5.74, 6) is 1.39. The lowest BCUT2D eigenvalue weighted by atomic mass is 10.1. The topological polar surface area (TPSA) is 78.0 Å². The molecular formula is C19H31N5O2. The highest BCUT2D eigenvalue weighted by atomic mass is 16.5. The van der Waals surface area contributed by atoms with Crippen molar-refractivity contribution in [2.24, 2.45) is 4.99 Å². The molecule has 1 heterocycles. The van der Waals surface area contributed by atoms with E-state index >= 15 is 0 Å². The zero-order valence-corrected chi connectivity index (χ0v) is 15.9. The second-order valence-electron chi connectivity index (χ2n) is 6.38. The quantitative estimate of drug-likeness (QED) is 0.475. The van der Waals surface area contributed by atoms with E-state index in [2.05, 4.69) is 25.8 Å². The third-order valence-corrected chi connectivity index (χ3v) is 4.46. The van der Waals surface area contributed by atoms with Crippen LogP contribution < -0.4 is 20.7 Å². The van der Waals surface area contributed by atoms with Gasteiger partial charge in [-0.2, -0.15) is 0 Å². The summed E-state index contributed by atoms with van der Waals surface area (Å²) in [6.07, 6.45) is 3.93. The van der Waals surface area contributed by atoms with Crippen LogP contribution in [-0.2, 0) is 11.3 Å². The van der Waals surface area contributed by atoms with Gasteiger partial charge in [0.15, 0.2) is 5.96 Å². The number of piperidine rings is 1. The van der Waals surface area contributed by atoms with Crippen LogP contribution in [0.25, 0.3) is 0 Å². The number of aliphatic imine (C=N–C) groups is 1. The van der Waals surface area contributed by atoms with Crippen molar-refractivity contribution in [2.75, 3.05) is 46.9 Å². The van der Waals surface area contributed by atoms with Gasteiger partial charge in [-0.1, -0.05) is 18.6 Å². The third kappa shape index (κ3) is 7.31. The Hall–Kier alpha value is -2.28. The molecule has 0 atom stereocenters. The number of hydrogen-bond donors (Lipinski definition) is 3. The van der Waals surface area contributed by atoms with Gasteiger partial charge in [-0.25, -0.2) is 0 Å². The molecule has 1 saturated heterocycles. The number of nitrogens with zero attached hydrogens (tertiary/aromatic N) is 2. The molecule has 1 aliphatic heterocycles. The Morgan fingerprint density at radius 1 is 1.12 bits per heavy atom. The molecule has 1 fully saturated rings. The zero-order chi connectivity index (χ0) is 18.6. The van der Waals surface area contributed by atoms with Gasteiger partial charge in [0.1, 0.15) is 5.75 Å². The number of ether oxygens (including phenoxy) is 1. The Labute approximate surface area is 156 Å². The fourth-order valence-corrected chi connectivity index (χ4v) is 2.91. The van der Waals surface area contributed by atoms with Crippen molar-refractivity contribution >= 4 is 11.9 Å². The van der Waals surface area contributed by atoms with Gasteiger partial charge in [0.25, 0.3) is 0 Å². The lowest BCUT2D eigenvalue weighted by Crippen LogP contribution is -2.45. The number of methoxy groups -OCH3 is 1. The van der Waals surface area contributed by atoms with E-state index in [4.69, 9.17) is 4.74 Å². The van der Waals surface area contributed by atoms with E-state index in [9.17, 15) is 4.79 Å². The maximum absolute atomic E-state index is 12.0. The Morgan fingerprint density at radius 2 is 1.85 bits per heavy atom. The first kappa shape index (κ1) is 20.0. The Kier molecular flexibility index (Phi) is 8.75. The summed E-state index contributed by atoms with van der Waals surface area (Å²) in [4.78, 5) is 18.6. The van der Waals surface area contributed by atoms with Gasteiger partial charge in [0.05, 0.1) is 13.7 Å². The van der Waals surface area contributed by atoms with E-state index in [-0.39, 0.29) is 12.5 Å². The highest BCUT2D eigenvalue weighted by Gasteiger charge is 2.09. The number of hydrogen-bond acceptors (Lipinski definition) is 4. The van der Waals surface area contributed by atoms with Gasteiger partial charge >= 0.3 is 0 Å². The van der Waals surface area contributed by atoms with Gasteiger partial charge in [0, 0.05) is 26.7 Å². The molecule has 1 aromatic rings. The summed E-state index contributed by atoms with van der Waals surface area (Å²) >= 11 is 0. The molecule has 7 heteroatoms. The molecule has 1 aliphatic rings. The number of carbonyl (C=O) groups excluding carboxylic acids is 1. The second kappa shape index (κ2) is 11.4. The predicted molar refractivity (Wildman–Crippen MR) is 104 cm³/mol. The van der Waals surface area contributed by atoms with E-state index < -0.39 is 0 Å². The van der Waals surface area contributed by atoms with Crippen molar-refractivity contribution in [3.05, 3.63) is 29.8 Å². The highest BCUT2D eigenvalue weighted by molar-refractivity contribution is 5.86. The Morgan fingerprint density at radius 3 is 2.50 bits per heavy atom. The molecule has 0 bridgehead atoms. The second-order valence-corrected chi connectivity index (χ2v) is 6.38. The number of likely N-dealkylation sites (tertiary alicyclic amines) is 1. The molecule has 0 aliphatic carbocycles. The molecule has 7 nitrogen and oxygen atoms in total. The summed E-state index contributed by atoms with van der Waals surface area (Å²) in [5.41, 5.74) is 1.03. The maximum Gasteiger partial charge on any atom is 0.239 e. The first-order valence-electron chi connectivity index (χ1n) is 9.28. The van der Waals surface area contributed by atoms with Crippen LogP contribution in [0, 0.1) is 0 Å². The standard InChI is InChI=1S/C19H31N5O2/c1-20-19(21-10-13-24-11-4-3-5-12-24)23-15-18(25)22-14-16-6-8-17(26-2)9-7-16/h6-9H,3-5,10-15H2,1-2H3,(H,22,25)(H2,20,21,23). The molecule has 3 N–H and O–H groups in total. The number of carbonyl (C=O) groups is 1. The third-order valence-electron chi connectivity index (χ3n) is 4.46. The van der Waals surface area contributed by atoms with Crippen LogP contribution in [0.1, 0.15) is 24.8 Å². The molecule has 0 radical (unpaired) electrons. The van der Waals surface area contributed by atoms with Crippen molar-refractivity contribution in [2.45, 2.75) is 25.8 Å². The van der Waals surface area contributed by atoms with Gasteiger partial charge in [-0.3, -0.25) is 9.79 Å². The Balaban J connectivity index is 1.61. The van der Waals surface area contributed by atoms with Crippen LogP contribution in [0.15, 0.2) is 29.3 Å². The average Bonchev–Trinajstić information content (AvgIpc) is 2.70. The van der Waals surface area contributed by atoms with Crippen LogP contribution in [0.4, 0.5) is 0 Å². The molecule has 0 aromatic heterocycles. The number of benzene rings is 1. The summed E-state index contributed by atoms with van der Waals surface area (Å²) in [5, 5.41) is 9.20. The monoisotopic (exact) mass is 361 g/mol. The van der Waals surface area contributed by atoms with Crippen molar-refractivity contribution < 1.29 is 9.53 Å². The minimum Gasteiger partial charge on any atom is -0.497 e. The molecule has 2 rings (SSSR count). The molecule has 0 saturated carbocycles. The SMILES string of the molecule is CN=C(NCCN1CCCCC1)NCC(=O)NCc1ccc(OC)cc1. The van der Waals surface area contributed by atoms with E-state index in [0.717, 1.165) is 24.4 Å². The summed E-state index contributed by atoms with van der Waals surface area (Å²) in [7, 11) is 3.35. The van der Waals surface area contributed by atoms with Crippen LogP contribution in [-0.4, -0.2) is 63.6 Å². The molecule has 26 heavy (non-hydrogen) atoms. The zero-order valence-electron chi connectivity index (χ0n) is 15.9. The van der Waals surface area contributed by atoms with Crippen molar-refractivity contribution in [3.8, 4) is 5.75 Å². The lowest BCUT2D eigenvalue weighted by molar-refractivity contribution is -0.120. The van der Waals surface area contributed by atoms with Crippen LogP contribution in [0.5, 0.6) is 5.75 Å². The molecule has 1 amide bonds. The molecule has 144 valence electrons. The summed E-state index contributed by atoms with van der Waals surface area (Å²) < 4.78 is 5.12. The fraction of sp³-hybridized carbons (Fsp3) is 0.579. The first-order chi connectivity index (χ1) is 12.7. The lowest BCUT2D eigenvalue weighted by Gasteiger charge is -2.26. The molecular weight excluding hydrogens is 330 g/mol. The first-order valence-corrected chi connectivity index (χ1v) is 9.28. The van der Waals surface area contributed by atoms with Crippen molar-refractivity contribution in [1.29, 1.82) is 0 Å². The molecule has 1 aromatic carbocycles. The smallest absolute Gasteiger partial charge is 0.239 e. The van der Waals surface area contributed by atoms with Crippen LogP contribution in [0.2, 0.25) is 0 Å². The van der Waals surface area contributed by atoms with E-state index in [0.29, 0.717) is 12.5 Å². The van der Waals surface area contributed by atoms with E-state index in [1.165, 1.54) is 32.4 Å². The van der Waals surface area contributed by atoms with Gasteiger partial charge in [-0.15, -0.1) is 0 Å². The average molecular weight is 361 g/mol. The Bertz CT molecular complexity index is 568. The highest BCUT2D eigenvalue weighted by Crippen LogP contribution is 2.10. The predicted octanol–water partition coefficient (Wildman–Crippen LogP) is 0.962. The van der Waals surface area contributed by atoms with Crippen molar-refractivity contribution in [3.63, 3.8) is 0 Å². The van der Waals surface area contributed by atoms with E-state index in [1.807, 2.05) is 24.3 Å². The summed E-state index contributed by atoms with van der Waals surface area (Å²) in [6.45, 7) is 4.88. The number of amides is 1. The maximum atomic E-state index is 12.0. The number of nitrogens with one attached hydrogen (secondary N) is 3. The fourth-order valence-electron chi connectivity index (χ4n) is 2.91. The van der Waals surface area contributed by atoms with Gasteiger partial charge in [0.2, 0.25) is 5.91 Å². The van der Waals surface area contributed by atoms with Crippen molar-refractivity contribution in [1.82, 2.24) is 20.9 Å². The normalized spacial score (nSPS) is 15.4. The number of rotatable bonds is 8. The summed E-state index contributed by atoms with van der Waals surface area (Å²) in [6, 6.07) is 7.64. The number of guanidine groups is 1. The molecule has 0 unspecified atom stereocenters. The minimum atomic E-state index is -0.0696. The van der Waals surface area contributed by atoms with Gasteiger partial charge in [-0.05, 0) is 43.6 Å². The van der Waals surface area contributed by atoms with Crippen LogP contribution >= 0.6 is 0 Å². The van der Waals surface area contributed by atoms with Crippen LogP contribution in [0.3, 0.4) is 0 Å².